The average molecular weight is 268 g/mol. The van der Waals surface area contributed by atoms with Gasteiger partial charge in [0.05, 0.1) is 22.1 Å². The lowest BCUT2D eigenvalue weighted by atomic mass is 10.2. The van der Waals surface area contributed by atoms with Crippen molar-refractivity contribution in [3.8, 4) is 6.07 Å². The molecule has 0 spiro atoms. The zero-order valence-electron chi connectivity index (χ0n) is 10.8. The van der Waals surface area contributed by atoms with E-state index in [0.29, 0.717) is 5.56 Å². The van der Waals surface area contributed by atoms with Gasteiger partial charge in [0, 0.05) is 0 Å². The van der Waals surface area contributed by atoms with Crippen molar-refractivity contribution in [3.63, 3.8) is 0 Å². The van der Waals surface area contributed by atoms with Crippen LogP contribution in [0.3, 0.4) is 0 Å². The molecule has 0 saturated heterocycles. The van der Waals surface area contributed by atoms with Crippen molar-refractivity contribution >= 4 is 10.0 Å². The Bertz CT molecular complexity index is 580. The first kappa shape index (κ1) is 14.6. The van der Waals surface area contributed by atoms with Crippen LogP contribution in [-0.2, 0) is 14.9 Å². The molecule has 6 heteroatoms. The summed E-state index contributed by atoms with van der Waals surface area (Å²) in [6.07, 6.45) is 0. The molecule has 0 aromatic heterocycles. The summed E-state index contributed by atoms with van der Waals surface area (Å²) in [4.78, 5) is 7.17. The highest BCUT2D eigenvalue weighted by molar-refractivity contribution is 7.89. The molecule has 0 aliphatic heterocycles. The second-order valence-corrected chi connectivity index (χ2v) is 6.51. The summed E-state index contributed by atoms with van der Waals surface area (Å²) >= 11 is 0. The van der Waals surface area contributed by atoms with Crippen molar-refractivity contribution in [1.82, 2.24) is 4.89 Å². The predicted molar refractivity (Wildman–Crippen MR) is 67.1 cm³/mol. The zero-order chi connectivity index (χ0) is 14.0. The van der Waals surface area contributed by atoms with Crippen molar-refractivity contribution in [3.05, 3.63) is 29.3 Å². The SMILES string of the molecule is Cc1ccc(C#N)cc1S(=O)(=O)NOC(C)(C)C. The van der Waals surface area contributed by atoms with Crippen LogP contribution in [0.25, 0.3) is 0 Å². The Morgan fingerprint density at radius 2 is 1.94 bits per heavy atom. The number of benzene rings is 1. The molecule has 1 aromatic rings. The molecule has 0 amide bonds. The molecule has 0 unspecified atom stereocenters. The highest BCUT2D eigenvalue weighted by Gasteiger charge is 2.21. The molecular formula is C12H16N2O3S. The fourth-order valence-corrected chi connectivity index (χ4v) is 2.41. The van der Waals surface area contributed by atoms with Gasteiger partial charge < -0.3 is 0 Å². The van der Waals surface area contributed by atoms with Crippen LogP contribution in [0.5, 0.6) is 0 Å². The number of hydrogen-bond donors (Lipinski definition) is 1. The maximum Gasteiger partial charge on any atom is 0.262 e. The molecule has 18 heavy (non-hydrogen) atoms. The van der Waals surface area contributed by atoms with Crippen LogP contribution in [0.1, 0.15) is 31.9 Å². The van der Waals surface area contributed by atoms with Crippen molar-refractivity contribution in [1.29, 1.82) is 5.26 Å². The van der Waals surface area contributed by atoms with Crippen molar-refractivity contribution in [2.24, 2.45) is 0 Å². The van der Waals surface area contributed by atoms with Gasteiger partial charge in [-0.2, -0.15) is 5.26 Å². The quantitative estimate of drug-likeness (QED) is 0.849. The standard InChI is InChI=1S/C12H16N2O3S/c1-9-5-6-10(8-13)7-11(9)18(15,16)14-17-12(2,3)4/h5-7,14H,1-4H3. The van der Waals surface area contributed by atoms with E-state index in [1.54, 1.807) is 39.8 Å². The Labute approximate surface area is 107 Å². The summed E-state index contributed by atoms with van der Waals surface area (Å²) in [5.74, 6) is 0. The maximum absolute atomic E-state index is 12.0. The number of sulfonamides is 1. The molecule has 0 fully saturated rings. The van der Waals surface area contributed by atoms with Crippen LogP contribution >= 0.6 is 0 Å². The lowest BCUT2D eigenvalue weighted by molar-refractivity contribution is -0.0357. The van der Waals surface area contributed by atoms with Gasteiger partial charge in [0.1, 0.15) is 0 Å². The fourth-order valence-electron chi connectivity index (χ4n) is 1.18. The first-order chi connectivity index (χ1) is 8.15. The normalized spacial score (nSPS) is 12.2. The Morgan fingerprint density at radius 3 is 2.44 bits per heavy atom. The minimum atomic E-state index is -3.78. The average Bonchev–Trinajstić information content (AvgIpc) is 2.26. The van der Waals surface area contributed by atoms with Gasteiger partial charge in [0.15, 0.2) is 0 Å². The van der Waals surface area contributed by atoms with E-state index in [2.05, 4.69) is 4.89 Å². The Kier molecular flexibility index (Phi) is 4.12. The van der Waals surface area contributed by atoms with Crippen molar-refractivity contribution in [2.45, 2.75) is 38.2 Å². The highest BCUT2D eigenvalue weighted by Crippen LogP contribution is 2.17. The van der Waals surface area contributed by atoms with E-state index in [0.717, 1.165) is 0 Å². The van der Waals surface area contributed by atoms with Crippen molar-refractivity contribution < 1.29 is 13.3 Å². The van der Waals surface area contributed by atoms with E-state index in [1.807, 2.05) is 6.07 Å². The van der Waals surface area contributed by atoms with Crippen LogP contribution < -0.4 is 4.89 Å². The van der Waals surface area contributed by atoms with E-state index >= 15 is 0 Å². The van der Waals surface area contributed by atoms with E-state index in [4.69, 9.17) is 10.1 Å². The van der Waals surface area contributed by atoms with E-state index < -0.39 is 15.6 Å². The number of nitrogens with one attached hydrogen (secondary N) is 1. The van der Waals surface area contributed by atoms with E-state index in [-0.39, 0.29) is 10.5 Å². The lowest BCUT2D eigenvalue weighted by Crippen LogP contribution is -2.33. The van der Waals surface area contributed by atoms with Gasteiger partial charge in [0.25, 0.3) is 10.0 Å². The second-order valence-electron chi connectivity index (χ2n) is 4.89. The van der Waals surface area contributed by atoms with Crippen LogP contribution in [0, 0.1) is 18.3 Å². The molecule has 0 atom stereocenters. The number of rotatable bonds is 3. The monoisotopic (exact) mass is 268 g/mol. The molecule has 1 aromatic carbocycles. The molecule has 0 aliphatic rings. The third-order valence-corrected chi connectivity index (χ3v) is 3.39. The topological polar surface area (TPSA) is 79.2 Å². The third-order valence-electron chi connectivity index (χ3n) is 2.06. The fraction of sp³-hybridized carbons (Fsp3) is 0.417. The van der Waals surface area contributed by atoms with E-state index in [9.17, 15) is 8.42 Å². The first-order valence-electron chi connectivity index (χ1n) is 5.36. The molecule has 0 saturated carbocycles. The summed E-state index contributed by atoms with van der Waals surface area (Å²) in [6, 6.07) is 6.39. The molecule has 1 N–H and O–H groups in total. The van der Waals surface area contributed by atoms with Crippen LogP contribution in [0.4, 0.5) is 0 Å². The van der Waals surface area contributed by atoms with Crippen LogP contribution in [0.15, 0.2) is 23.1 Å². The summed E-state index contributed by atoms with van der Waals surface area (Å²) in [5.41, 5.74) is 0.212. The molecule has 1 rings (SSSR count). The number of nitrogens with zero attached hydrogens (tertiary/aromatic N) is 1. The summed E-state index contributed by atoms with van der Waals surface area (Å²) in [5, 5.41) is 8.78. The van der Waals surface area contributed by atoms with Gasteiger partial charge in [-0.05, 0) is 45.4 Å². The van der Waals surface area contributed by atoms with E-state index in [1.165, 1.54) is 6.07 Å². The number of hydrogen-bond acceptors (Lipinski definition) is 4. The predicted octanol–water partition coefficient (Wildman–Crippen LogP) is 1.88. The highest BCUT2D eigenvalue weighted by atomic mass is 32.2. The maximum atomic E-state index is 12.0. The lowest BCUT2D eigenvalue weighted by Gasteiger charge is -2.19. The van der Waals surface area contributed by atoms with Gasteiger partial charge in [-0.25, -0.2) is 8.42 Å². The minimum Gasteiger partial charge on any atom is -0.281 e. The Hall–Kier alpha value is -1.42. The zero-order valence-corrected chi connectivity index (χ0v) is 11.6. The molecule has 0 aliphatic carbocycles. The molecule has 98 valence electrons. The molecule has 5 nitrogen and oxygen atoms in total. The first-order valence-corrected chi connectivity index (χ1v) is 6.84. The second kappa shape index (κ2) is 5.06. The number of nitriles is 1. The van der Waals surface area contributed by atoms with Crippen LogP contribution in [-0.4, -0.2) is 14.0 Å². The Balaban J connectivity index is 3.09. The molecule has 0 bridgehead atoms. The van der Waals surface area contributed by atoms with Gasteiger partial charge >= 0.3 is 0 Å². The van der Waals surface area contributed by atoms with Crippen LogP contribution in [0.2, 0.25) is 0 Å². The molecule has 0 radical (unpaired) electrons. The minimum absolute atomic E-state index is 0.0470. The third kappa shape index (κ3) is 3.81. The summed E-state index contributed by atoms with van der Waals surface area (Å²) < 4.78 is 24.0. The van der Waals surface area contributed by atoms with Gasteiger partial charge in [-0.15, -0.1) is 0 Å². The Morgan fingerprint density at radius 1 is 1.33 bits per heavy atom. The summed E-state index contributed by atoms with van der Waals surface area (Å²) in [7, 11) is -3.78. The van der Waals surface area contributed by atoms with Gasteiger partial charge in [-0.3, -0.25) is 4.84 Å². The summed E-state index contributed by atoms with van der Waals surface area (Å²) in [6.45, 7) is 6.85. The van der Waals surface area contributed by atoms with Crippen molar-refractivity contribution in [2.75, 3.05) is 0 Å². The largest absolute Gasteiger partial charge is 0.281 e. The van der Waals surface area contributed by atoms with Gasteiger partial charge in [-0.1, -0.05) is 11.0 Å². The number of aryl methyl sites for hydroxylation is 1. The van der Waals surface area contributed by atoms with Gasteiger partial charge in [0.2, 0.25) is 0 Å². The molecular weight excluding hydrogens is 252 g/mol. The smallest absolute Gasteiger partial charge is 0.262 e. The molecule has 0 heterocycles.